The Kier molecular flexibility index (Phi) is 4.18. The van der Waals surface area contributed by atoms with Crippen molar-refractivity contribution in [1.29, 1.82) is 0 Å². The molecule has 16 heavy (non-hydrogen) atoms. The zero-order valence-corrected chi connectivity index (χ0v) is 10.8. The highest BCUT2D eigenvalue weighted by molar-refractivity contribution is 7.89. The van der Waals surface area contributed by atoms with Crippen molar-refractivity contribution in [3.63, 3.8) is 0 Å². The normalized spacial score (nSPS) is 12.0. The van der Waals surface area contributed by atoms with Gasteiger partial charge in [-0.05, 0) is 24.6 Å². The Morgan fingerprint density at radius 1 is 1.44 bits per heavy atom. The molecule has 4 nitrogen and oxygen atoms in total. The number of nitrogens with two attached hydrogens (primary N) is 1. The van der Waals surface area contributed by atoms with Gasteiger partial charge in [-0.1, -0.05) is 18.5 Å². The molecule has 90 valence electrons. The van der Waals surface area contributed by atoms with Crippen LogP contribution in [0.5, 0.6) is 0 Å². The minimum absolute atomic E-state index is 0.0657. The minimum atomic E-state index is -3.53. The highest BCUT2D eigenvalue weighted by atomic mass is 35.5. The Morgan fingerprint density at radius 3 is 2.62 bits per heavy atom. The van der Waals surface area contributed by atoms with E-state index in [1.807, 2.05) is 6.92 Å². The third-order valence-electron chi connectivity index (χ3n) is 2.20. The van der Waals surface area contributed by atoms with Gasteiger partial charge in [0.25, 0.3) is 0 Å². The number of nitrogens with zero attached hydrogens (tertiary/aromatic N) is 1. The summed E-state index contributed by atoms with van der Waals surface area (Å²) in [6, 6.07) is 4.43. The van der Waals surface area contributed by atoms with Crippen LogP contribution in [0.25, 0.3) is 0 Å². The molecule has 0 aliphatic rings. The van der Waals surface area contributed by atoms with Crippen LogP contribution >= 0.6 is 11.6 Å². The number of nitrogen functional groups attached to an aromatic ring is 1. The Morgan fingerprint density at radius 2 is 2.06 bits per heavy atom. The number of hydrogen-bond donors (Lipinski definition) is 1. The number of anilines is 1. The zero-order valence-electron chi connectivity index (χ0n) is 9.27. The van der Waals surface area contributed by atoms with Gasteiger partial charge in [-0.25, -0.2) is 12.7 Å². The van der Waals surface area contributed by atoms with E-state index in [0.29, 0.717) is 11.6 Å². The summed E-state index contributed by atoms with van der Waals surface area (Å²) in [6.07, 6.45) is 0.746. The molecule has 0 amide bonds. The summed E-state index contributed by atoms with van der Waals surface area (Å²) < 4.78 is 25.4. The van der Waals surface area contributed by atoms with Gasteiger partial charge in [-0.3, -0.25) is 0 Å². The van der Waals surface area contributed by atoms with E-state index in [4.69, 9.17) is 17.3 Å². The molecule has 0 aromatic heterocycles. The number of benzene rings is 1. The maximum Gasteiger partial charge on any atom is 0.244 e. The van der Waals surface area contributed by atoms with Crippen molar-refractivity contribution in [2.45, 2.75) is 18.2 Å². The Hall–Kier alpha value is -0.780. The lowest BCUT2D eigenvalue weighted by Crippen LogP contribution is -2.28. The highest BCUT2D eigenvalue weighted by Gasteiger charge is 2.22. The predicted octanol–water partition coefficient (Wildman–Crippen LogP) is 1.95. The molecular formula is C10H15ClN2O2S. The fraction of sp³-hybridized carbons (Fsp3) is 0.400. The SMILES string of the molecule is CCCN(C)S(=O)(=O)c1cc(Cl)ccc1N. The average Bonchev–Trinajstić information content (AvgIpc) is 2.22. The molecule has 0 fully saturated rings. The first kappa shape index (κ1) is 13.3. The quantitative estimate of drug-likeness (QED) is 0.844. The largest absolute Gasteiger partial charge is 0.398 e. The fourth-order valence-corrected chi connectivity index (χ4v) is 2.97. The lowest BCUT2D eigenvalue weighted by Gasteiger charge is -2.17. The third-order valence-corrected chi connectivity index (χ3v) is 4.35. The molecule has 6 heteroatoms. The van der Waals surface area contributed by atoms with Crippen molar-refractivity contribution < 1.29 is 8.42 Å². The second-order valence-corrected chi connectivity index (χ2v) is 5.96. The van der Waals surface area contributed by atoms with Crippen molar-refractivity contribution in [3.05, 3.63) is 23.2 Å². The first-order chi connectivity index (χ1) is 7.39. The van der Waals surface area contributed by atoms with E-state index in [1.165, 1.54) is 23.5 Å². The molecule has 1 aromatic rings. The zero-order chi connectivity index (χ0) is 12.3. The summed E-state index contributed by atoms with van der Waals surface area (Å²) >= 11 is 5.77. The molecule has 2 N–H and O–H groups in total. The van der Waals surface area contributed by atoms with Crippen LogP contribution in [0.3, 0.4) is 0 Å². The summed E-state index contributed by atoms with van der Waals surface area (Å²) in [5, 5.41) is 0.359. The van der Waals surface area contributed by atoms with Crippen LogP contribution in [-0.2, 0) is 10.0 Å². The van der Waals surface area contributed by atoms with Crippen LogP contribution in [0.15, 0.2) is 23.1 Å². The Balaban J connectivity index is 3.21. The molecular weight excluding hydrogens is 248 g/mol. The van der Waals surface area contributed by atoms with Gasteiger partial charge in [-0.15, -0.1) is 0 Å². The molecule has 0 saturated carbocycles. The van der Waals surface area contributed by atoms with E-state index in [1.54, 1.807) is 6.07 Å². The van der Waals surface area contributed by atoms with E-state index < -0.39 is 10.0 Å². The van der Waals surface area contributed by atoms with Crippen molar-refractivity contribution in [3.8, 4) is 0 Å². The second-order valence-electron chi connectivity index (χ2n) is 3.51. The van der Waals surface area contributed by atoms with Crippen molar-refractivity contribution in [2.24, 2.45) is 0 Å². The molecule has 0 heterocycles. The first-order valence-corrected chi connectivity index (χ1v) is 6.72. The lowest BCUT2D eigenvalue weighted by atomic mass is 10.3. The maximum atomic E-state index is 12.1. The van der Waals surface area contributed by atoms with Gasteiger partial charge in [0.2, 0.25) is 10.0 Å². The fourth-order valence-electron chi connectivity index (χ4n) is 1.33. The molecule has 0 unspecified atom stereocenters. The van der Waals surface area contributed by atoms with E-state index in [2.05, 4.69) is 0 Å². The van der Waals surface area contributed by atoms with Gasteiger partial charge >= 0.3 is 0 Å². The number of halogens is 1. The molecule has 1 aromatic carbocycles. The molecule has 0 saturated heterocycles. The molecule has 1 rings (SSSR count). The predicted molar refractivity (Wildman–Crippen MR) is 66.0 cm³/mol. The van der Waals surface area contributed by atoms with Crippen LogP contribution in [0.2, 0.25) is 5.02 Å². The smallest absolute Gasteiger partial charge is 0.244 e. The molecule has 0 aliphatic heterocycles. The van der Waals surface area contributed by atoms with Crippen LogP contribution in [0.4, 0.5) is 5.69 Å². The van der Waals surface area contributed by atoms with E-state index in [-0.39, 0.29) is 10.6 Å². The van der Waals surface area contributed by atoms with Gasteiger partial charge in [-0.2, -0.15) is 0 Å². The van der Waals surface area contributed by atoms with Gasteiger partial charge in [0.05, 0.1) is 5.69 Å². The summed E-state index contributed by atoms with van der Waals surface area (Å²) in [5.41, 5.74) is 5.86. The van der Waals surface area contributed by atoms with Crippen LogP contribution < -0.4 is 5.73 Å². The van der Waals surface area contributed by atoms with E-state index >= 15 is 0 Å². The molecule has 0 bridgehead atoms. The van der Waals surface area contributed by atoms with Crippen molar-refractivity contribution in [1.82, 2.24) is 4.31 Å². The van der Waals surface area contributed by atoms with Gasteiger partial charge < -0.3 is 5.73 Å². The molecule has 0 radical (unpaired) electrons. The van der Waals surface area contributed by atoms with E-state index in [0.717, 1.165) is 6.42 Å². The van der Waals surface area contributed by atoms with Gasteiger partial charge in [0, 0.05) is 18.6 Å². The van der Waals surface area contributed by atoms with Crippen LogP contribution in [0.1, 0.15) is 13.3 Å². The summed E-state index contributed by atoms with van der Waals surface area (Å²) in [4.78, 5) is 0.0657. The topological polar surface area (TPSA) is 63.4 Å². The number of rotatable bonds is 4. The molecule has 0 spiro atoms. The molecule has 0 atom stereocenters. The summed E-state index contributed by atoms with van der Waals surface area (Å²) in [6.45, 7) is 2.36. The summed E-state index contributed by atoms with van der Waals surface area (Å²) in [5.74, 6) is 0. The van der Waals surface area contributed by atoms with Gasteiger partial charge in [0.15, 0.2) is 0 Å². The molecule has 0 aliphatic carbocycles. The van der Waals surface area contributed by atoms with Crippen LogP contribution in [0, 0.1) is 0 Å². The Labute approximate surface area is 101 Å². The highest BCUT2D eigenvalue weighted by Crippen LogP contribution is 2.25. The first-order valence-electron chi connectivity index (χ1n) is 4.91. The van der Waals surface area contributed by atoms with Crippen LogP contribution in [-0.4, -0.2) is 26.3 Å². The lowest BCUT2D eigenvalue weighted by molar-refractivity contribution is 0.469. The third kappa shape index (κ3) is 2.66. The average molecular weight is 263 g/mol. The van der Waals surface area contributed by atoms with Gasteiger partial charge in [0.1, 0.15) is 4.90 Å². The second kappa shape index (κ2) is 5.03. The Bertz CT molecular complexity index is 474. The monoisotopic (exact) mass is 262 g/mol. The number of sulfonamides is 1. The van der Waals surface area contributed by atoms with E-state index in [9.17, 15) is 8.42 Å². The minimum Gasteiger partial charge on any atom is -0.398 e. The van der Waals surface area contributed by atoms with Crippen molar-refractivity contribution >= 4 is 27.3 Å². The number of hydrogen-bond acceptors (Lipinski definition) is 3. The maximum absolute atomic E-state index is 12.1. The summed E-state index contributed by atoms with van der Waals surface area (Å²) in [7, 11) is -2.00. The van der Waals surface area contributed by atoms with Crippen molar-refractivity contribution in [2.75, 3.05) is 19.3 Å². The standard InChI is InChI=1S/C10H15ClN2O2S/c1-3-6-13(2)16(14,15)10-7-8(11)4-5-9(10)12/h4-5,7H,3,6,12H2,1-2H3.